The Hall–Kier alpha value is -2.28. The smallest absolute Gasteiger partial charge is 0.204 e. The number of aromatic nitrogens is 5. The maximum atomic E-state index is 5.57. The van der Waals surface area contributed by atoms with Gasteiger partial charge in [0, 0.05) is 10.9 Å². The summed E-state index contributed by atoms with van der Waals surface area (Å²) in [5.41, 5.74) is 7.36. The molecule has 2 heterocycles. The number of anilines is 1. The fraction of sp³-hybridized carbons (Fsp3) is 0.0909. The summed E-state index contributed by atoms with van der Waals surface area (Å²) in [4.78, 5) is 5.67. The van der Waals surface area contributed by atoms with Crippen LogP contribution in [0, 0.1) is 0 Å². The molecule has 90 valence electrons. The van der Waals surface area contributed by atoms with Crippen LogP contribution in [-0.2, 0) is 6.54 Å². The first-order chi connectivity index (χ1) is 8.81. The molecule has 0 atom stereocenters. The molecule has 0 amide bonds. The number of hydrogen-bond donors (Lipinski definition) is 1. The van der Waals surface area contributed by atoms with Crippen molar-refractivity contribution < 1.29 is 0 Å². The molecule has 3 aromatic rings. The van der Waals surface area contributed by atoms with Crippen LogP contribution in [-0.4, -0.2) is 25.2 Å². The Labute approximate surface area is 107 Å². The highest BCUT2D eigenvalue weighted by molar-refractivity contribution is 7.13. The summed E-state index contributed by atoms with van der Waals surface area (Å²) in [6.45, 7) is 0.480. The van der Waals surface area contributed by atoms with Crippen LogP contribution in [0.5, 0.6) is 0 Å². The van der Waals surface area contributed by atoms with Gasteiger partial charge in [-0.25, -0.2) is 4.98 Å². The van der Waals surface area contributed by atoms with E-state index < -0.39 is 0 Å². The summed E-state index contributed by atoms with van der Waals surface area (Å²) in [6, 6.07) is 9.73. The van der Waals surface area contributed by atoms with E-state index in [0.717, 1.165) is 11.3 Å². The van der Waals surface area contributed by atoms with Gasteiger partial charge in [0.2, 0.25) is 5.82 Å². The summed E-state index contributed by atoms with van der Waals surface area (Å²) in [6.07, 6.45) is 0. The van der Waals surface area contributed by atoms with Crippen LogP contribution < -0.4 is 5.73 Å². The Morgan fingerprint density at radius 3 is 2.78 bits per heavy atom. The molecule has 18 heavy (non-hydrogen) atoms. The molecule has 0 bridgehead atoms. The summed E-state index contributed by atoms with van der Waals surface area (Å²) in [5, 5.41) is 14.8. The van der Waals surface area contributed by atoms with Gasteiger partial charge in [0.15, 0.2) is 5.13 Å². The Morgan fingerprint density at radius 2 is 2.06 bits per heavy atom. The molecule has 0 radical (unpaired) electrons. The minimum atomic E-state index is 0.480. The Kier molecular flexibility index (Phi) is 2.73. The van der Waals surface area contributed by atoms with Crippen molar-refractivity contribution in [3.8, 4) is 11.4 Å². The number of hydrogen-bond acceptors (Lipinski definition) is 6. The second-order valence-electron chi connectivity index (χ2n) is 3.69. The number of rotatable bonds is 3. The van der Waals surface area contributed by atoms with Gasteiger partial charge in [-0.1, -0.05) is 30.3 Å². The van der Waals surface area contributed by atoms with E-state index in [1.54, 1.807) is 0 Å². The first-order valence-corrected chi connectivity index (χ1v) is 6.22. The molecule has 3 rings (SSSR count). The van der Waals surface area contributed by atoms with Crippen molar-refractivity contribution in [1.29, 1.82) is 0 Å². The van der Waals surface area contributed by atoms with Crippen LogP contribution in [0.4, 0.5) is 5.13 Å². The zero-order chi connectivity index (χ0) is 12.4. The molecule has 6 nitrogen and oxygen atoms in total. The topological polar surface area (TPSA) is 82.5 Å². The van der Waals surface area contributed by atoms with Gasteiger partial charge in [0.25, 0.3) is 0 Å². The Balaban J connectivity index is 1.82. The molecular formula is C11H10N6S. The second kappa shape index (κ2) is 4.53. The molecule has 0 saturated carbocycles. The fourth-order valence-corrected chi connectivity index (χ4v) is 2.11. The second-order valence-corrected chi connectivity index (χ2v) is 4.58. The maximum absolute atomic E-state index is 5.57. The predicted molar refractivity (Wildman–Crippen MR) is 68.9 cm³/mol. The van der Waals surface area contributed by atoms with Gasteiger partial charge in [0.05, 0.1) is 5.69 Å². The van der Waals surface area contributed by atoms with Crippen LogP contribution in [0.2, 0.25) is 0 Å². The van der Waals surface area contributed by atoms with Gasteiger partial charge in [-0.2, -0.15) is 4.80 Å². The molecule has 0 fully saturated rings. The van der Waals surface area contributed by atoms with Gasteiger partial charge >= 0.3 is 0 Å². The molecule has 0 aliphatic rings. The average Bonchev–Trinajstić information content (AvgIpc) is 3.01. The maximum Gasteiger partial charge on any atom is 0.204 e. The zero-order valence-corrected chi connectivity index (χ0v) is 10.2. The van der Waals surface area contributed by atoms with Crippen molar-refractivity contribution in [3.63, 3.8) is 0 Å². The number of nitrogens with zero attached hydrogens (tertiary/aromatic N) is 5. The molecule has 0 aliphatic heterocycles. The fourth-order valence-electron chi connectivity index (χ4n) is 1.55. The lowest BCUT2D eigenvalue weighted by atomic mass is 10.2. The van der Waals surface area contributed by atoms with Gasteiger partial charge in [-0.05, 0) is 5.21 Å². The standard InChI is InChI=1S/C11H10N6S/c12-11-13-9(7-18-11)6-17-15-10(14-16-17)8-4-2-1-3-5-8/h1-5,7H,6H2,(H2,12,13). The van der Waals surface area contributed by atoms with E-state index in [0.29, 0.717) is 17.5 Å². The minimum Gasteiger partial charge on any atom is -0.375 e. The van der Waals surface area contributed by atoms with E-state index in [-0.39, 0.29) is 0 Å². The third-order valence-electron chi connectivity index (χ3n) is 2.36. The van der Waals surface area contributed by atoms with Crippen molar-refractivity contribution in [3.05, 3.63) is 41.4 Å². The first kappa shape index (κ1) is 10.8. The first-order valence-electron chi connectivity index (χ1n) is 5.34. The number of thiazole rings is 1. The molecule has 0 saturated heterocycles. The van der Waals surface area contributed by atoms with Crippen LogP contribution in [0.25, 0.3) is 11.4 Å². The minimum absolute atomic E-state index is 0.480. The summed E-state index contributed by atoms with van der Waals surface area (Å²) >= 11 is 1.40. The molecule has 2 N–H and O–H groups in total. The molecule has 0 unspecified atom stereocenters. The highest BCUT2D eigenvalue weighted by Gasteiger charge is 2.07. The van der Waals surface area contributed by atoms with Crippen LogP contribution in [0.15, 0.2) is 35.7 Å². The summed E-state index contributed by atoms with van der Waals surface area (Å²) in [5.74, 6) is 0.610. The zero-order valence-electron chi connectivity index (χ0n) is 9.39. The average molecular weight is 258 g/mol. The monoisotopic (exact) mass is 258 g/mol. The van der Waals surface area contributed by atoms with Crippen molar-refractivity contribution in [1.82, 2.24) is 25.2 Å². The van der Waals surface area contributed by atoms with E-state index in [4.69, 9.17) is 5.73 Å². The number of benzene rings is 1. The Morgan fingerprint density at radius 1 is 1.22 bits per heavy atom. The predicted octanol–water partition coefficient (Wildman–Crippen LogP) is 1.43. The van der Waals surface area contributed by atoms with Crippen molar-refractivity contribution in [2.24, 2.45) is 0 Å². The van der Waals surface area contributed by atoms with Gasteiger partial charge in [0.1, 0.15) is 6.54 Å². The van der Waals surface area contributed by atoms with E-state index >= 15 is 0 Å². The third-order valence-corrected chi connectivity index (χ3v) is 3.08. The SMILES string of the molecule is Nc1nc(Cn2nnc(-c3ccccc3)n2)cs1. The van der Waals surface area contributed by atoms with Gasteiger partial charge in [-0.15, -0.1) is 21.5 Å². The molecule has 7 heteroatoms. The van der Waals surface area contributed by atoms with E-state index in [9.17, 15) is 0 Å². The molecular weight excluding hydrogens is 248 g/mol. The highest BCUT2D eigenvalue weighted by atomic mass is 32.1. The number of tetrazole rings is 1. The van der Waals surface area contributed by atoms with Crippen molar-refractivity contribution in [2.75, 3.05) is 5.73 Å². The third kappa shape index (κ3) is 2.21. The van der Waals surface area contributed by atoms with Crippen LogP contribution in [0.3, 0.4) is 0 Å². The number of nitrogens with two attached hydrogens (primary N) is 1. The molecule has 2 aromatic heterocycles. The van der Waals surface area contributed by atoms with Gasteiger partial charge in [-0.3, -0.25) is 0 Å². The normalized spacial score (nSPS) is 10.7. The van der Waals surface area contributed by atoms with E-state index in [2.05, 4.69) is 20.4 Å². The lowest BCUT2D eigenvalue weighted by Crippen LogP contribution is -2.04. The molecule has 0 spiro atoms. The summed E-state index contributed by atoms with van der Waals surface area (Å²) in [7, 11) is 0. The largest absolute Gasteiger partial charge is 0.375 e. The molecule has 1 aromatic carbocycles. The molecule has 0 aliphatic carbocycles. The Bertz CT molecular complexity index is 644. The lowest BCUT2D eigenvalue weighted by molar-refractivity contribution is 0.566. The quantitative estimate of drug-likeness (QED) is 0.768. The van der Waals surface area contributed by atoms with E-state index in [1.165, 1.54) is 16.1 Å². The van der Waals surface area contributed by atoms with Crippen molar-refractivity contribution >= 4 is 16.5 Å². The summed E-state index contributed by atoms with van der Waals surface area (Å²) < 4.78 is 0. The van der Waals surface area contributed by atoms with E-state index in [1.807, 2.05) is 35.7 Å². The highest BCUT2D eigenvalue weighted by Crippen LogP contribution is 2.14. The van der Waals surface area contributed by atoms with Crippen LogP contribution >= 0.6 is 11.3 Å². The van der Waals surface area contributed by atoms with Crippen molar-refractivity contribution in [2.45, 2.75) is 6.54 Å². The van der Waals surface area contributed by atoms with Gasteiger partial charge < -0.3 is 5.73 Å². The number of nitrogen functional groups attached to an aromatic ring is 1. The van der Waals surface area contributed by atoms with Crippen LogP contribution in [0.1, 0.15) is 5.69 Å². The lowest BCUT2D eigenvalue weighted by Gasteiger charge is -1.94.